The van der Waals surface area contributed by atoms with Gasteiger partial charge in [0, 0.05) is 32.8 Å². The average molecular weight is 228 g/mol. The second kappa shape index (κ2) is 8.04. The van der Waals surface area contributed by atoms with Gasteiger partial charge in [0.25, 0.3) is 0 Å². The molecule has 1 fully saturated rings. The third kappa shape index (κ3) is 5.28. The van der Waals surface area contributed by atoms with Gasteiger partial charge in [-0.25, -0.2) is 0 Å². The highest BCUT2D eigenvalue weighted by molar-refractivity contribution is 4.75. The second-order valence-electron chi connectivity index (χ2n) is 5.07. The molecule has 2 unspecified atom stereocenters. The summed E-state index contributed by atoms with van der Waals surface area (Å²) in [6, 6.07) is 0.325. The van der Waals surface area contributed by atoms with E-state index in [1.807, 2.05) is 0 Å². The van der Waals surface area contributed by atoms with Crippen molar-refractivity contribution < 1.29 is 4.74 Å². The Labute approximate surface area is 100 Å². The van der Waals surface area contributed by atoms with Crippen LogP contribution in [-0.2, 0) is 4.74 Å². The fraction of sp³-hybridized carbons (Fsp3) is 1.00. The van der Waals surface area contributed by atoms with E-state index in [2.05, 4.69) is 11.8 Å². The van der Waals surface area contributed by atoms with Crippen LogP contribution < -0.4 is 5.73 Å². The van der Waals surface area contributed by atoms with Crippen molar-refractivity contribution in [3.05, 3.63) is 0 Å². The molecule has 2 atom stereocenters. The molecular formula is C13H28N2O. The summed E-state index contributed by atoms with van der Waals surface area (Å²) in [4.78, 5) is 2.55. The van der Waals surface area contributed by atoms with E-state index in [0.29, 0.717) is 6.04 Å². The third-order valence-corrected chi connectivity index (χ3v) is 3.60. The van der Waals surface area contributed by atoms with Crippen LogP contribution in [0.2, 0.25) is 0 Å². The molecule has 0 bridgehead atoms. The topological polar surface area (TPSA) is 38.5 Å². The number of piperidine rings is 1. The van der Waals surface area contributed by atoms with Crippen molar-refractivity contribution in [1.82, 2.24) is 4.90 Å². The maximum absolute atomic E-state index is 6.13. The highest BCUT2D eigenvalue weighted by Gasteiger charge is 2.19. The van der Waals surface area contributed by atoms with Gasteiger partial charge in [-0.05, 0) is 38.1 Å². The first kappa shape index (κ1) is 13.9. The number of rotatable bonds is 7. The van der Waals surface area contributed by atoms with Gasteiger partial charge in [0.1, 0.15) is 0 Å². The van der Waals surface area contributed by atoms with Crippen molar-refractivity contribution in [1.29, 1.82) is 0 Å². The smallest absolute Gasteiger partial charge is 0.0462 e. The molecule has 2 N–H and O–H groups in total. The van der Waals surface area contributed by atoms with Crippen LogP contribution >= 0.6 is 0 Å². The van der Waals surface area contributed by atoms with Crippen LogP contribution in [0.5, 0.6) is 0 Å². The Hall–Kier alpha value is -0.120. The second-order valence-corrected chi connectivity index (χ2v) is 5.07. The molecule has 16 heavy (non-hydrogen) atoms. The number of likely N-dealkylation sites (tertiary alicyclic amines) is 1. The minimum absolute atomic E-state index is 0.325. The van der Waals surface area contributed by atoms with Crippen molar-refractivity contribution >= 4 is 0 Å². The van der Waals surface area contributed by atoms with Gasteiger partial charge >= 0.3 is 0 Å². The highest BCUT2D eigenvalue weighted by Crippen LogP contribution is 2.19. The molecule has 0 aromatic heterocycles. The fourth-order valence-electron chi connectivity index (χ4n) is 2.56. The molecule has 0 aromatic rings. The average Bonchev–Trinajstić information content (AvgIpc) is 2.29. The maximum atomic E-state index is 6.13. The van der Waals surface area contributed by atoms with Gasteiger partial charge in [-0.1, -0.05) is 13.3 Å². The highest BCUT2D eigenvalue weighted by atomic mass is 16.5. The van der Waals surface area contributed by atoms with E-state index in [0.717, 1.165) is 31.9 Å². The SMILES string of the molecule is CCC1CCCN(CC(N)CCCOC)C1. The van der Waals surface area contributed by atoms with E-state index in [4.69, 9.17) is 10.5 Å². The number of nitrogens with two attached hydrogens (primary N) is 1. The van der Waals surface area contributed by atoms with Gasteiger partial charge in [-0.2, -0.15) is 0 Å². The maximum Gasteiger partial charge on any atom is 0.0462 e. The Bertz CT molecular complexity index is 175. The monoisotopic (exact) mass is 228 g/mol. The van der Waals surface area contributed by atoms with Crippen LogP contribution in [0.3, 0.4) is 0 Å². The minimum atomic E-state index is 0.325. The van der Waals surface area contributed by atoms with Gasteiger partial charge in [-0.15, -0.1) is 0 Å². The fourth-order valence-corrected chi connectivity index (χ4v) is 2.56. The molecular weight excluding hydrogens is 200 g/mol. The Balaban J connectivity index is 2.14. The molecule has 0 saturated carbocycles. The molecule has 3 nitrogen and oxygen atoms in total. The molecule has 1 heterocycles. The summed E-state index contributed by atoms with van der Waals surface area (Å²) in [6.45, 7) is 6.71. The Morgan fingerprint density at radius 3 is 3.00 bits per heavy atom. The molecule has 3 heteroatoms. The largest absolute Gasteiger partial charge is 0.385 e. The molecule has 1 aliphatic rings. The van der Waals surface area contributed by atoms with E-state index in [-0.39, 0.29) is 0 Å². The first-order valence-electron chi connectivity index (χ1n) is 6.73. The van der Waals surface area contributed by atoms with Crippen molar-refractivity contribution in [2.75, 3.05) is 33.4 Å². The van der Waals surface area contributed by atoms with E-state index >= 15 is 0 Å². The summed E-state index contributed by atoms with van der Waals surface area (Å²) >= 11 is 0. The van der Waals surface area contributed by atoms with Crippen LogP contribution in [0.25, 0.3) is 0 Å². The third-order valence-electron chi connectivity index (χ3n) is 3.60. The standard InChI is InChI=1S/C13H28N2O/c1-3-12-6-4-8-15(10-12)11-13(14)7-5-9-16-2/h12-13H,3-11,14H2,1-2H3. The molecule has 96 valence electrons. The minimum Gasteiger partial charge on any atom is -0.385 e. The molecule has 0 aromatic carbocycles. The van der Waals surface area contributed by atoms with Crippen LogP contribution in [0.4, 0.5) is 0 Å². The quantitative estimate of drug-likeness (QED) is 0.676. The molecule has 0 radical (unpaired) electrons. The number of hydrogen-bond donors (Lipinski definition) is 1. The molecule has 1 saturated heterocycles. The molecule has 0 aliphatic carbocycles. The van der Waals surface area contributed by atoms with E-state index in [1.165, 1.54) is 32.4 Å². The van der Waals surface area contributed by atoms with Crippen molar-refractivity contribution in [2.45, 2.75) is 45.1 Å². The van der Waals surface area contributed by atoms with Gasteiger partial charge < -0.3 is 15.4 Å². The summed E-state index contributed by atoms with van der Waals surface area (Å²) < 4.78 is 5.05. The lowest BCUT2D eigenvalue weighted by Gasteiger charge is -2.33. The lowest BCUT2D eigenvalue weighted by molar-refractivity contribution is 0.154. The lowest BCUT2D eigenvalue weighted by atomic mass is 9.95. The first-order chi connectivity index (χ1) is 7.76. The number of nitrogens with zero attached hydrogens (tertiary/aromatic N) is 1. The summed E-state index contributed by atoms with van der Waals surface area (Å²) in [5.41, 5.74) is 6.13. The number of ether oxygens (including phenoxy) is 1. The van der Waals surface area contributed by atoms with Crippen LogP contribution in [0, 0.1) is 5.92 Å². The molecule has 0 amide bonds. The van der Waals surface area contributed by atoms with Crippen molar-refractivity contribution in [2.24, 2.45) is 11.7 Å². The van der Waals surface area contributed by atoms with Crippen LogP contribution in [0.1, 0.15) is 39.0 Å². The number of methoxy groups -OCH3 is 1. The van der Waals surface area contributed by atoms with Gasteiger partial charge in [0.15, 0.2) is 0 Å². The molecule has 1 aliphatic heterocycles. The van der Waals surface area contributed by atoms with E-state index in [1.54, 1.807) is 7.11 Å². The predicted molar refractivity (Wildman–Crippen MR) is 68.5 cm³/mol. The molecule has 0 spiro atoms. The van der Waals surface area contributed by atoms with E-state index in [9.17, 15) is 0 Å². The zero-order valence-electron chi connectivity index (χ0n) is 11.0. The lowest BCUT2D eigenvalue weighted by Crippen LogP contribution is -2.43. The van der Waals surface area contributed by atoms with Crippen LogP contribution in [0.15, 0.2) is 0 Å². The Kier molecular flexibility index (Phi) is 7.01. The summed E-state index contributed by atoms with van der Waals surface area (Å²) in [5.74, 6) is 0.903. The summed E-state index contributed by atoms with van der Waals surface area (Å²) in [5, 5.41) is 0. The van der Waals surface area contributed by atoms with Gasteiger partial charge in [0.2, 0.25) is 0 Å². The zero-order chi connectivity index (χ0) is 11.8. The zero-order valence-corrected chi connectivity index (χ0v) is 11.0. The normalized spacial score (nSPS) is 24.6. The van der Waals surface area contributed by atoms with Gasteiger partial charge in [-0.3, -0.25) is 0 Å². The first-order valence-corrected chi connectivity index (χ1v) is 6.73. The molecule has 1 rings (SSSR count). The summed E-state index contributed by atoms with van der Waals surface area (Å²) in [7, 11) is 1.75. The Morgan fingerprint density at radius 1 is 1.50 bits per heavy atom. The van der Waals surface area contributed by atoms with Crippen molar-refractivity contribution in [3.63, 3.8) is 0 Å². The predicted octanol–water partition coefficient (Wildman–Crippen LogP) is 1.86. The number of hydrogen-bond acceptors (Lipinski definition) is 3. The summed E-state index contributed by atoms with van der Waals surface area (Å²) in [6.07, 6.45) is 6.24. The van der Waals surface area contributed by atoms with E-state index < -0.39 is 0 Å². The van der Waals surface area contributed by atoms with Crippen molar-refractivity contribution in [3.8, 4) is 0 Å². The Morgan fingerprint density at radius 2 is 2.31 bits per heavy atom. The van der Waals surface area contributed by atoms with Gasteiger partial charge in [0.05, 0.1) is 0 Å². The van der Waals surface area contributed by atoms with Crippen LogP contribution in [-0.4, -0.2) is 44.3 Å².